The number of aromatic nitrogens is 2. The van der Waals surface area contributed by atoms with Crippen LogP contribution in [0.25, 0.3) is 0 Å². The van der Waals surface area contributed by atoms with Crippen LogP contribution in [-0.2, 0) is 23.2 Å². The van der Waals surface area contributed by atoms with E-state index in [0.29, 0.717) is 5.92 Å². The fourth-order valence-electron chi connectivity index (χ4n) is 1.94. The van der Waals surface area contributed by atoms with Crippen LogP contribution < -0.4 is 0 Å². The topological polar surface area (TPSA) is 44.1 Å². The molecule has 0 aliphatic carbocycles. The first kappa shape index (κ1) is 15.6. The third kappa shape index (κ3) is 3.88. The molecule has 2 aromatic rings. The van der Waals surface area contributed by atoms with Crippen molar-refractivity contribution >= 4 is 17.7 Å². The van der Waals surface area contributed by atoms with Crippen LogP contribution in [0.5, 0.6) is 0 Å². The zero-order valence-electron chi connectivity index (χ0n) is 12.8. The van der Waals surface area contributed by atoms with E-state index in [1.54, 1.807) is 11.8 Å². The second-order valence-electron chi connectivity index (χ2n) is 5.13. The normalized spacial score (nSPS) is 10.9. The van der Waals surface area contributed by atoms with Gasteiger partial charge in [-0.25, -0.2) is 4.98 Å². The second kappa shape index (κ2) is 6.80. The van der Waals surface area contributed by atoms with Crippen LogP contribution in [0.2, 0.25) is 0 Å². The highest BCUT2D eigenvalue weighted by molar-refractivity contribution is 7.99. The van der Waals surface area contributed by atoms with E-state index in [1.807, 2.05) is 29.8 Å². The summed E-state index contributed by atoms with van der Waals surface area (Å²) in [6, 6.07) is 10.2. The minimum Gasteiger partial charge on any atom is -0.458 e. The first-order chi connectivity index (χ1) is 9.99. The first-order valence-electron chi connectivity index (χ1n) is 6.90. The summed E-state index contributed by atoms with van der Waals surface area (Å²) < 4.78 is 7.09. The van der Waals surface area contributed by atoms with E-state index < -0.39 is 0 Å². The van der Waals surface area contributed by atoms with Gasteiger partial charge in [0.05, 0.1) is 5.69 Å². The van der Waals surface area contributed by atoms with Crippen LogP contribution in [0, 0.1) is 0 Å². The lowest BCUT2D eigenvalue weighted by atomic mass is 10.2. The Hall–Kier alpha value is -1.75. The number of carbonyl (C=O) groups is 1. The predicted molar refractivity (Wildman–Crippen MR) is 83.3 cm³/mol. The minimum atomic E-state index is -0.290. The van der Waals surface area contributed by atoms with Gasteiger partial charge in [-0.15, -0.1) is 0 Å². The Morgan fingerprint density at radius 2 is 2.00 bits per heavy atom. The molecule has 0 radical (unpaired) electrons. The van der Waals surface area contributed by atoms with Crippen LogP contribution in [0.1, 0.15) is 38.2 Å². The van der Waals surface area contributed by atoms with E-state index in [1.165, 1.54) is 11.8 Å². The molecule has 0 fully saturated rings. The van der Waals surface area contributed by atoms with Gasteiger partial charge in [0.1, 0.15) is 17.5 Å². The number of carbonyl (C=O) groups excluding carboxylic acids is 1. The fourth-order valence-corrected chi connectivity index (χ4v) is 3.09. The molecule has 2 rings (SSSR count). The van der Waals surface area contributed by atoms with Crippen molar-refractivity contribution < 1.29 is 9.53 Å². The lowest BCUT2D eigenvalue weighted by molar-refractivity contribution is -0.142. The molecule has 0 atom stereocenters. The van der Waals surface area contributed by atoms with Gasteiger partial charge in [-0.1, -0.05) is 43.8 Å². The Morgan fingerprint density at radius 1 is 1.33 bits per heavy atom. The van der Waals surface area contributed by atoms with Crippen molar-refractivity contribution in [3.05, 3.63) is 41.9 Å². The molecule has 0 spiro atoms. The van der Waals surface area contributed by atoms with Gasteiger partial charge in [0.15, 0.2) is 0 Å². The maximum absolute atomic E-state index is 11.0. The maximum Gasteiger partial charge on any atom is 0.303 e. The van der Waals surface area contributed by atoms with Gasteiger partial charge in [-0.05, 0) is 18.1 Å². The summed E-state index contributed by atoms with van der Waals surface area (Å²) in [5.41, 5.74) is 1.04. The average Bonchev–Trinajstić information content (AvgIpc) is 2.75. The molecule has 0 aliphatic heterocycles. The maximum atomic E-state index is 11.0. The summed E-state index contributed by atoms with van der Waals surface area (Å²) in [4.78, 5) is 16.8. The van der Waals surface area contributed by atoms with Crippen LogP contribution in [0.4, 0.5) is 0 Å². The van der Waals surface area contributed by atoms with Gasteiger partial charge < -0.3 is 9.30 Å². The Morgan fingerprint density at radius 3 is 2.57 bits per heavy atom. The van der Waals surface area contributed by atoms with Crippen LogP contribution in [0.15, 0.2) is 40.3 Å². The van der Waals surface area contributed by atoms with Gasteiger partial charge in [-0.3, -0.25) is 4.79 Å². The standard InChI is InChI=1S/C16H20N2O2S/c1-11(2)15-16(21-13-8-6-5-7-9-13)18(4)14(17-15)10-20-12(3)19/h5-9,11H,10H2,1-4H3. The Balaban J connectivity index is 2.31. The SMILES string of the molecule is CC(=O)OCc1nc(C(C)C)c(Sc2ccccc2)n1C. The molecule has 0 saturated heterocycles. The lowest BCUT2D eigenvalue weighted by Crippen LogP contribution is -2.05. The first-order valence-corrected chi connectivity index (χ1v) is 7.72. The van der Waals surface area contributed by atoms with Gasteiger partial charge in [0.2, 0.25) is 0 Å². The molecule has 1 aromatic carbocycles. The summed E-state index contributed by atoms with van der Waals surface area (Å²) in [6.45, 7) is 5.85. The monoisotopic (exact) mass is 304 g/mol. The third-order valence-corrected chi connectivity index (χ3v) is 4.25. The third-order valence-electron chi connectivity index (χ3n) is 3.07. The number of esters is 1. The Kier molecular flexibility index (Phi) is 5.07. The highest BCUT2D eigenvalue weighted by Crippen LogP contribution is 2.34. The zero-order chi connectivity index (χ0) is 15.4. The minimum absolute atomic E-state index is 0.209. The van der Waals surface area contributed by atoms with Crippen LogP contribution in [-0.4, -0.2) is 15.5 Å². The molecule has 1 aromatic heterocycles. The van der Waals surface area contributed by atoms with Crippen molar-refractivity contribution in [2.45, 2.75) is 43.2 Å². The quantitative estimate of drug-likeness (QED) is 0.789. The van der Waals surface area contributed by atoms with Crippen molar-refractivity contribution in [3.63, 3.8) is 0 Å². The fraction of sp³-hybridized carbons (Fsp3) is 0.375. The molecule has 0 bridgehead atoms. The predicted octanol–water partition coefficient (Wildman–Crippen LogP) is 3.76. The molecular weight excluding hydrogens is 284 g/mol. The number of imidazole rings is 1. The van der Waals surface area contributed by atoms with E-state index in [4.69, 9.17) is 4.74 Å². The van der Waals surface area contributed by atoms with Crippen molar-refractivity contribution in [2.24, 2.45) is 7.05 Å². The zero-order valence-corrected chi connectivity index (χ0v) is 13.6. The molecule has 0 amide bonds. The van der Waals surface area contributed by atoms with Crippen molar-refractivity contribution in [1.29, 1.82) is 0 Å². The number of nitrogens with zero attached hydrogens (tertiary/aromatic N) is 2. The van der Waals surface area contributed by atoms with E-state index in [9.17, 15) is 4.79 Å². The van der Waals surface area contributed by atoms with E-state index in [-0.39, 0.29) is 12.6 Å². The average molecular weight is 304 g/mol. The number of hydrogen-bond acceptors (Lipinski definition) is 4. The molecule has 0 N–H and O–H groups in total. The summed E-state index contributed by atoms with van der Waals surface area (Å²) in [5, 5.41) is 1.10. The van der Waals surface area contributed by atoms with Crippen molar-refractivity contribution in [3.8, 4) is 0 Å². The molecule has 0 unspecified atom stereocenters. The summed E-state index contributed by atoms with van der Waals surface area (Å²) >= 11 is 1.68. The summed E-state index contributed by atoms with van der Waals surface area (Å²) in [5.74, 6) is 0.794. The molecule has 21 heavy (non-hydrogen) atoms. The van der Waals surface area contributed by atoms with Crippen LogP contribution in [0.3, 0.4) is 0 Å². The van der Waals surface area contributed by atoms with Crippen molar-refractivity contribution in [1.82, 2.24) is 9.55 Å². The Labute approximate surface area is 129 Å². The largest absolute Gasteiger partial charge is 0.458 e. The molecule has 0 aliphatic rings. The molecular formula is C16H20N2O2S. The van der Waals surface area contributed by atoms with Crippen molar-refractivity contribution in [2.75, 3.05) is 0 Å². The smallest absolute Gasteiger partial charge is 0.303 e. The second-order valence-corrected chi connectivity index (χ2v) is 6.19. The summed E-state index contributed by atoms with van der Waals surface area (Å²) in [7, 11) is 1.96. The van der Waals surface area contributed by atoms with Gasteiger partial charge in [0.25, 0.3) is 0 Å². The van der Waals surface area contributed by atoms with Gasteiger partial charge in [-0.2, -0.15) is 0 Å². The highest BCUT2D eigenvalue weighted by Gasteiger charge is 2.18. The molecule has 1 heterocycles. The number of ether oxygens (including phenoxy) is 1. The highest BCUT2D eigenvalue weighted by atomic mass is 32.2. The van der Waals surface area contributed by atoms with E-state index in [2.05, 4.69) is 31.0 Å². The Bertz CT molecular complexity index is 621. The summed E-state index contributed by atoms with van der Waals surface area (Å²) in [6.07, 6.45) is 0. The molecule has 0 saturated carbocycles. The van der Waals surface area contributed by atoms with E-state index in [0.717, 1.165) is 16.5 Å². The number of rotatable bonds is 5. The molecule has 112 valence electrons. The number of hydrogen-bond donors (Lipinski definition) is 0. The lowest BCUT2D eigenvalue weighted by Gasteiger charge is -2.08. The number of benzene rings is 1. The van der Waals surface area contributed by atoms with Gasteiger partial charge >= 0.3 is 5.97 Å². The van der Waals surface area contributed by atoms with Crippen LogP contribution >= 0.6 is 11.8 Å². The molecule has 5 heteroatoms. The van der Waals surface area contributed by atoms with E-state index >= 15 is 0 Å². The van der Waals surface area contributed by atoms with Gasteiger partial charge in [0, 0.05) is 18.9 Å². The molecule has 4 nitrogen and oxygen atoms in total.